The van der Waals surface area contributed by atoms with Crippen LogP contribution in [0.4, 0.5) is 5.13 Å². The number of hydrogen-bond acceptors (Lipinski definition) is 5. The minimum absolute atomic E-state index is 0.0437. The maximum absolute atomic E-state index is 4.21. The molecule has 5 heteroatoms. The van der Waals surface area contributed by atoms with E-state index in [9.17, 15) is 0 Å². The second-order valence-corrected chi connectivity index (χ2v) is 5.55. The van der Waals surface area contributed by atoms with Crippen LogP contribution in [-0.4, -0.2) is 34.2 Å². The van der Waals surface area contributed by atoms with Gasteiger partial charge in [-0.2, -0.15) is 0 Å². The van der Waals surface area contributed by atoms with Crippen molar-refractivity contribution in [2.75, 3.05) is 18.4 Å². The van der Waals surface area contributed by atoms with E-state index < -0.39 is 0 Å². The molecule has 0 amide bonds. The lowest BCUT2D eigenvalue weighted by Gasteiger charge is -2.11. The summed E-state index contributed by atoms with van der Waals surface area (Å²) in [6, 6.07) is 13.3. The van der Waals surface area contributed by atoms with E-state index in [-0.39, 0.29) is 6.04 Å². The van der Waals surface area contributed by atoms with Crippen molar-refractivity contribution < 1.29 is 0 Å². The van der Waals surface area contributed by atoms with Crippen LogP contribution in [0.3, 0.4) is 0 Å². The van der Waals surface area contributed by atoms with Gasteiger partial charge in [0.25, 0.3) is 0 Å². The zero-order chi connectivity index (χ0) is 15.1. The highest BCUT2D eigenvalue weighted by molar-refractivity contribution is 7.18. The third-order valence-electron chi connectivity index (χ3n) is 2.99. The summed E-state index contributed by atoms with van der Waals surface area (Å²) in [5.74, 6) is 3.19. The first-order valence-corrected chi connectivity index (χ1v) is 7.96. The van der Waals surface area contributed by atoms with Gasteiger partial charge in [-0.15, -0.1) is 10.2 Å². The SMILES string of the molecule is CCN(C#CC(C)Nc1nnc(-c2ccccc2)s1)CC. The highest BCUT2D eigenvalue weighted by atomic mass is 32.1. The summed E-state index contributed by atoms with van der Waals surface area (Å²) in [7, 11) is 0. The number of hydrogen-bond donors (Lipinski definition) is 1. The van der Waals surface area contributed by atoms with Crippen LogP contribution >= 0.6 is 11.3 Å². The van der Waals surface area contributed by atoms with Gasteiger partial charge in [0, 0.05) is 24.7 Å². The van der Waals surface area contributed by atoms with Crippen LogP contribution < -0.4 is 5.32 Å². The molecular weight excluding hydrogens is 280 g/mol. The Morgan fingerprint density at radius 1 is 1.19 bits per heavy atom. The van der Waals surface area contributed by atoms with Crippen molar-refractivity contribution in [2.24, 2.45) is 0 Å². The molecule has 110 valence electrons. The van der Waals surface area contributed by atoms with E-state index in [4.69, 9.17) is 0 Å². The first-order chi connectivity index (χ1) is 10.2. The van der Waals surface area contributed by atoms with Crippen molar-refractivity contribution in [3.63, 3.8) is 0 Å². The molecule has 2 rings (SSSR count). The van der Waals surface area contributed by atoms with Crippen molar-refractivity contribution >= 4 is 16.5 Å². The molecule has 2 aromatic rings. The van der Waals surface area contributed by atoms with Gasteiger partial charge in [0.2, 0.25) is 5.13 Å². The summed E-state index contributed by atoms with van der Waals surface area (Å²) in [4.78, 5) is 2.08. The number of aromatic nitrogens is 2. The topological polar surface area (TPSA) is 41.0 Å². The minimum atomic E-state index is 0.0437. The Bertz CT molecular complexity index is 608. The molecule has 0 aliphatic carbocycles. The molecule has 1 aromatic heterocycles. The lowest BCUT2D eigenvalue weighted by molar-refractivity contribution is 0.443. The molecule has 0 aliphatic heterocycles. The highest BCUT2D eigenvalue weighted by Crippen LogP contribution is 2.26. The average molecular weight is 300 g/mol. The van der Waals surface area contributed by atoms with Crippen molar-refractivity contribution in [2.45, 2.75) is 26.8 Å². The second kappa shape index (κ2) is 7.65. The smallest absolute Gasteiger partial charge is 0.206 e. The predicted octanol–water partition coefficient (Wildman–Crippen LogP) is 3.31. The van der Waals surface area contributed by atoms with E-state index in [0.717, 1.165) is 28.8 Å². The Labute approximate surface area is 130 Å². The molecule has 1 N–H and O–H groups in total. The zero-order valence-corrected chi connectivity index (χ0v) is 13.4. The second-order valence-electron chi connectivity index (χ2n) is 4.57. The van der Waals surface area contributed by atoms with Crippen molar-refractivity contribution in [3.05, 3.63) is 30.3 Å². The summed E-state index contributed by atoms with van der Waals surface area (Å²) in [6.07, 6.45) is 0. The molecule has 0 radical (unpaired) electrons. The van der Waals surface area contributed by atoms with Gasteiger partial charge in [0.05, 0.1) is 6.04 Å². The van der Waals surface area contributed by atoms with Gasteiger partial charge in [0.1, 0.15) is 5.01 Å². The van der Waals surface area contributed by atoms with E-state index in [0.29, 0.717) is 0 Å². The molecule has 0 spiro atoms. The summed E-state index contributed by atoms with van der Waals surface area (Å²) in [5.41, 5.74) is 1.09. The normalized spacial score (nSPS) is 11.4. The summed E-state index contributed by atoms with van der Waals surface area (Å²) >= 11 is 1.55. The molecule has 21 heavy (non-hydrogen) atoms. The Morgan fingerprint density at radius 3 is 2.57 bits per heavy atom. The van der Waals surface area contributed by atoms with Crippen LogP contribution in [-0.2, 0) is 0 Å². The van der Waals surface area contributed by atoms with Gasteiger partial charge in [-0.05, 0) is 20.8 Å². The largest absolute Gasteiger partial charge is 0.347 e. The van der Waals surface area contributed by atoms with Crippen LogP contribution in [0, 0.1) is 12.0 Å². The number of nitrogens with zero attached hydrogens (tertiary/aromatic N) is 3. The van der Waals surface area contributed by atoms with E-state index >= 15 is 0 Å². The molecule has 0 fully saturated rings. The van der Waals surface area contributed by atoms with E-state index in [1.165, 1.54) is 0 Å². The fourth-order valence-electron chi connectivity index (χ4n) is 1.77. The Balaban J connectivity index is 1.99. The summed E-state index contributed by atoms with van der Waals surface area (Å²) in [5, 5.41) is 13.4. The number of nitrogens with one attached hydrogen (secondary N) is 1. The Morgan fingerprint density at radius 2 is 1.90 bits per heavy atom. The third kappa shape index (κ3) is 4.47. The van der Waals surface area contributed by atoms with E-state index in [1.807, 2.05) is 37.3 Å². The monoisotopic (exact) mass is 300 g/mol. The maximum atomic E-state index is 4.21. The van der Waals surface area contributed by atoms with Crippen molar-refractivity contribution in [1.82, 2.24) is 15.1 Å². The van der Waals surface area contributed by atoms with E-state index in [2.05, 4.69) is 46.2 Å². The van der Waals surface area contributed by atoms with Gasteiger partial charge in [-0.3, -0.25) is 0 Å². The minimum Gasteiger partial charge on any atom is -0.347 e. The van der Waals surface area contributed by atoms with Crippen LogP contribution in [0.5, 0.6) is 0 Å². The molecule has 1 atom stereocenters. The number of anilines is 1. The highest BCUT2D eigenvalue weighted by Gasteiger charge is 2.07. The van der Waals surface area contributed by atoms with Crippen LogP contribution in [0.15, 0.2) is 30.3 Å². The Kier molecular flexibility index (Phi) is 5.59. The van der Waals surface area contributed by atoms with Crippen molar-refractivity contribution in [1.29, 1.82) is 0 Å². The zero-order valence-electron chi connectivity index (χ0n) is 12.6. The van der Waals surface area contributed by atoms with E-state index in [1.54, 1.807) is 11.3 Å². The fraction of sp³-hybridized carbons (Fsp3) is 0.375. The molecule has 1 unspecified atom stereocenters. The van der Waals surface area contributed by atoms with Gasteiger partial charge < -0.3 is 10.2 Å². The average Bonchev–Trinajstić information content (AvgIpc) is 2.97. The molecule has 1 heterocycles. The standard InChI is InChI=1S/C16H20N4S/c1-4-20(5-2)12-11-13(3)17-16-19-18-15(21-16)14-9-7-6-8-10-14/h6-10,13H,4-5H2,1-3H3,(H,17,19). The molecule has 4 nitrogen and oxygen atoms in total. The molecule has 0 saturated heterocycles. The van der Waals surface area contributed by atoms with Crippen LogP contribution in [0.25, 0.3) is 10.6 Å². The summed E-state index contributed by atoms with van der Waals surface area (Å²) in [6.45, 7) is 8.11. The van der Waals surface area contributed by atoms with Crippen LogP contribution in [0.2, 0.25) is 0 Å². The first kappa shape index (κ1) is 15.3. The molecule has 0 saturated carbocycles. The maximum Gasteiger partial charge on any atom is 0.206 e. The third-order valence-corrected chi connectivity index (χ3v) is 3.89. The fourth-order valence-corrected chi connectivity index (χ4v) is 2.61. The lowest BCUT2D eigenvalue weighted by Crippen LogP contribution is -2.18. The predicted molar refractivity (Wildman–Crippen MR) is 89.1 cm³/mol. The number of rotatable bonds is 5. The Hall–Kier alpha value is -2.06. The lowest BCUT2D eigenvalue weighted by atomic mass is 10.2. The van der Waals surface area contributed by atoms with Gasteiger partial charge in [0.15, 0.2) is 0 Å². The molecule has 0 aliphatic rings. The summed E-state index contributed by atoms with van der Waals surface area (Å²) < 4.78 is 0. The quantitative estimate of drug-likeness (QED) is 0.679. The van der Waals surface area contributed by atoms with Crippen LogP contribution in [0.1, 0.15) is 20.8 Å². The van der Waals surface area contributed by atoms with Gasteiger partial charge in [-0.25, -0.2) is 0 Å². The van der Waals surface area contributed by atoms with Gasteiger partial charge in [-0.1, -0.05) is 47.6 Å². The number of benzene rings is 1. The first-order valence-electron chi connectivity index (χ1n) is 7.14. The molecule has 0 bridgehead atoms. The van der Waals surface area contributed by atoms with Gasteiger partial charge >= 0.3 is 0 Å². The van der Waals surface area contributed by atoms with Crippen molar-refractivity contribution in [3.8, 4) is 22.5 Å². The molecule has 1 aromatic carbocycles. The molecular formula is C16H20N4S.